The first kappa shape index (κ1) is 21.3. The van der Waals surface area contributed by atoms with Gasteiger partial charge in [-0.25, -0.2) is 0 Å². The number of nitrogens with zero attached hydrogens (tertiary/aromatic N) is 3. The van der Waals surface area contributed by atoms with Gasteiger partial charge in [-0.05, 0) is 49.7 Å². The molecule has 0 fully saturated rings. The van der Waals surface area contributed by atoms with Crippen LogP contribution in [0.1, 0.15) is 35.7 Å². The Labute approximate surface area is 178 Å². The molecule has 2 aromatic rings. The summed E-state index contributed by atoms with van der Waals surface area (Å²) < 4.78 is 5.39. The SMILES string of the molecule is CC=C1CCN(C(=O)c2ccc(C#N)cc2)CCCNc2cc(OC)ccc2N1C. The number of hydrogen-bond acceptors (Lipinski definition) is 5. The summed E-state index contributed by atoms with van der Waals surface area (Å²) in [7, 11) is 3.72. The molecule has 0 bridgehead atoms. The average Bonchev–Trinajstić information content (AvgIpc) is 2.82. The van der Waals surface area contributed by atoms with Crippen molar-refractivity contribution in [3.05, 3.63) is 65.4 Å². The van der Waals surface area contributed by atoms with Crippen molar-refractivity contribution in [2.75, 3.05) is 44.0 Å². The van der Waals surface area contributed by atoms with Gasteiger partial charge in [0.1, 0.15) is 5.75 Å². The number of rotatable bonds is 2. The van der Waals surface area contributed by atoms with Gasteiger partial charge in [-0.15, -0.1) is 0 Å². The van der Waals surface area contributed by atoms with Gasteiger partial charge in [0, 0.05) is 50.4 Å². The smallest absolute Gasteiger partial charge is 0.253 e. The lowest BCUT2D eigenvalue weighted by Crippen LogP contribution is -2.34. The summed E-state index contributed by atoms with van der Waals surface area (Å²) in [5, 5.41) is 12.5. The van der Waals surface area contributed by atoms with E-state index in [-0.39, 0.29) is 5.91 Å². The number of allylic oxidation sites excluding steroid dienone is 1. The van der Waals surface area contributed by atoms with Crippen molar-refractivity contribution in [1.82, 2.24) is 4.90 Å². The number of ether oxygens (including phenoxy) is 1. The minimum absolute atomic E-state index is 0.00368. The number of carbonyl (C=O) groups excluding carboxylic acids is 1. The van der Waals surface area contributed by atoms with Gasteiger partial charge >= 0.3 is 0 Å². The summed E-state index contributed by atoms with van der Waals surface area (Å²) in [6.45, 7) is 4.06. The molecule has 2 aromatic carbocycles. The van der Waals surface area contributed by atoms with Gasteiger partial charge in [0.15, 0.2) is 0 Å². The van der Waals surface area contributed by atoms with Gasteiger partial charge in [-0.2, -0.15) is 5.26 Å². The van der Waals surface area contributed by atoms with Crippen LogP contribution in [0.15, 0.2) is 54.2 Å². The Morgan fingerprint density at radius 1 is 1.20 bits per heavy atom. The molecule has 156 valence electrons. The fraction of sp³-hybridized carbons (Fsp3) is 0.333. The standard InChI is InChI=1S/C24H28N4O2/c1-4-20-12-15-28(24(29)19-8-6-18(17-25)7-9-19)14-5-13-26-22-16-21(30-3)10-11-23(22)27(20)2/h4,6-11,16,26H,5,12-15H2,1-3H3. The summed E-state index contributed by atoms with van der Waals surface area (Å²) in [5.74, 6) is 0.806. The molecule has 0 aromatic heterocycles. The van der Waals surface area contributed by atoms with E-state index in [4.69, 9.17) is 10.00 Å². The van der Waals surface area contributed by atoms with Crippen LogP contribution in [-0.4, -0.2) is 44.6 Å². The molecule has 1 amide bonds. The highest BCUT2D eigenvalue weighted by atomic mass is 16.5. The first-order chi connectivity index (χ1) is 14.6. The first-order valence-electron chi connectivity index (χ1n) is 10.2. The zero-order chi connectivity index (χ0) is 21.5. The van der Waals surface area contributed by atoms with Crippen LogP contribution in [0.4, 0.5) is 11.4 Å². The predicted molar refractivity (Wildman–Crippen MR) is 120 cm³/mol. The largest absolute Gasteiger partial charge is 0.497 e. The van der Waals surface area contributed by atoms with Crippen molar-refractivity contribution in [1.29, 1.82) is 5.26 Å². The first-order valence-corrected chi connectivity index (χ1v) is 10.2. The third-order valence-corrected chi connectivity index (χ3v) is 5.44. The zero-order valence-corrected chi connectivity index (χ0v) is 17.8. The predicted octanol–water partition coefficient (Wildman–Crippen LogP) is 4.25. The molecule has 3 rings (SSSR count). The molecule has 0 radical (unpaired) electrons. The number of hydrogen-bond donors (Lipinski definition) is 1. The van der Waals surface area contributed by atoms with Gasteiger partial charge in [0.25, 0.3) is 5.91 Å². The summed E-state index contributed by atoms with van der Waals surface area (Å²) in [4.78, 5) is 17.2. The monoisotopic (exact) mass is 404 g/mol. The number of amides is 1. The highest BCUT2D eigenvalue weighted by Crippen LogP contribution is 2.32. The van der Waals surface area contributed by atoms with E-state index in [0.717, 1.165) is 42.2 Å². The third-order valence-electron chi connectivity index (χ3n) is 5.44. The van der Waals surface area contributed by atoms with Gasteiger partial charge in [-0.3, -0.25) is 4.79 Å². The lowest BCUT2D eigenvalue weighted by Gasteiger charge is -2.27. The molecular formula is C24H28N4O2. The van der Waals surface area contributed by atoms with Crippen LogP contribution >= 0.6 is 0 Å². The number of nitrogens with one attached hydrogen (secondary N) is 1. The molecule has 1 N–H and O–H groups in total. The van der Waals surface area contributed by atoms with Crippen LogP contribution in [0.25, 0.3) is 0 Å². The van der Waals surface area contributed by atoms with Crippen molar-refractivity contribution in [2.45, 2.75) is 19.8 Å². The summed E-state index contributed by atoms with van der Waals surface area (Å²) in [6, 6.07) is 15.0. The van der Waals surface area contributed by atoms with Crippen molar-refractivity contribution in [3.63, 3.8) is 0 Å². The lowest BCUT2D eigenvalue weighted by molar-refractivity contribution is 0.0756. The highest BCUT2D eigenvalue weighted by molar-refractivity contribution is 5.94. The van der Waals surface area contributed by atoms with Crippen LogP contribution in [0, 0.1) is 11.3 Å². The number of methoxy groups -OCH3 is 1. The van der Waals surface area contributed by atoms with Gasteiger partial charge in [0.05, 0.1) is 30.1 Å². The topological polar surface area (TPSA) is 68.6 Å². The van der Waals surface area contributed by atoms with Crippen LogP contribution in [0.2, 0.25) is 0 Å². The molecule has 6 nitrogen and oxygen atoms in total. The molecular weight excluding hydrogens is 376 g/mol. The fourth-order valence-electron chi connectivity index (χ4n) is 3.66. The van der Waals surface area contributed by atoms with E-state index in [2.05, 4.69) is 28.4 Å². The van der Waals surface area contributed by atoms with E-state index in [1.165, 1.54) is 0 Å². The van der Waals surface area contributed by atoms with Crippen LogP contribution in [-0.2, 0) is 0 Å². The molecule has 0 saturated carbocycles. The van der Waals surface area contributed by atoms with Gasteiger partial charge < -0.3 is 19.9 Å². The second-order valence-corrected chi connectivity index (χ2v) is 7.23. The molecule has 0 unspecified atom stereocenters. The maximum absolute atomic E-state index is 13.1. The normalized spacial score (nSPS) is 16.1. The molecule has 1 aliphatic rings. The summed E-state index contributed by atoms with van der Waals surface area (Å²) >= 11 is 0. The molecule has 1 heterocycles. The lowest BCUT2D eigenvalue weighted by atomic mass is 10.1. The van der Waals surface area contributed by atoms with Crippen LogP contribution < -0.4 is 15.0 Å². The van der Waals surface area contributed by atoms with Gasteiger partial charge in [0.2, 0.25) is 0 Å². The maximum Gasteiger partial charge on any atom is 0.253 e. The van der Waals surface area contributed by atoms with Crippen molar-refractivity contribution >= 4 is 17.3 Å². The number of nitriles is 1. The summed E-state index contributed by atoms with van der Waals surface area (Å²) in [6.07, 6.45) is 3.67. The number of fused-ring (bicyclic) bond motifs is 1. The minimum atomic E-state index is -0.00368. The Morgan fingerprint density at radius 3 is 2.63 bits per heavy atom. The number of carbonyl (C=O) groups is 1. The third kappa shape index (κ3) is 4.74. The second-order valence-electron chi connectivity index (χ2n) is 7.23. The van der Waals surface area contributed by atoms with Crippen molar-refractivity contribution < 1.29 is 9.53 Å². The highest BCUT2D eigenvalue weighted by Gasteiger charge is 2.19. The molecule has 6 heteroatoms. The Kier molecular flexibility index (Phi) is 6.97. The average molecular weight is 405 g/mol. The Hall–Kier alpha value is -3.46. The number of anilines is 2. The fourth-order valence-corrected chi connectivity index (χ4v) is 3.66. The molecule has 1 aliphatic heterocycles. The Morgan fingerprint density at radius 2 is 1.97 bits per heavy atom. The molecule has 0 aliphatic carbocycles. The number of benzene rings is 2. The van der Waals surface area contributed by atoms with E-state index in [0.29, 0.717) is 24.2 Å². The Balaban J connectivity index is 1.83. The van der Waals surface area contributed by atoms with Crippen LogP contribution in [0.3, 0.4) is 0 Å². The van der Waals surface area contributed by atoms with E-state index >= 15 is 0 Å². The zero-order valence-electron chi connectivity index (χ0n) is 17.8. The molecule has 0 spiro atoms. The Bertz CT molecular complexity index is 960. The van der Waals surface area contributed by atoms with Gasteiger partial charge in [-0.1, -0.05) is 6.08 Å². The van der Waals surface area contributed by atoms with Crippen LogP contribution in [0.5, 0.6) is 5.75 Å². The maximum atomic E-state index is 13.1. The van der Waals surface area contributed by atoms with E-state index in [1.54, 1.807) is 31.4 Å². The quantitative estimate of drug-likeness (QED) is 0.810. The van der Waals surface area contributed by atoms with E-state index < -0.39 is 0 Å². The van der Waals surface area contributed by atoms with Crippen molar-refractivity contribution in [2.24, 2.45) is 0 Å². The summed E-state index contributed by atoms with van der Waals surface area (Å²) in [5.41, 5.74) is 4.40. The van der Waals surface area contributed by atoms with E-state index in [1.807, 2.05) is 31.0 Å². The molecule has 0 atom stereocenters. The molecule has 30 heavy (non-hydrogen) atoms. The second kappa shape index (κ2) is 9.84. The minimum Gasteiger partial charge on any atom is -0.497 e. The van der Waals surface area contributed by atoms with E-state index in [9.17, 15) is 4.79 Å². The van der Waals surface area contributed by atoms with Crippen molar-refractivity contribution in [3.8, 4) is 11.8 Å². The molecule has 0 saturated heterocycles.